The molecule has 2 aromatic rings. The second kappa shape index (κ2) is 7.05. The molecule has 1 N–H and O–H groups in total. The van der Waals surface area contributed by atoms with Crippen LogP contribution in [0.1, 0.15) is 36.3 Å². The van der Waals surface area contributed by atoms with Crippen molar-refractivity contribution in [2.75, 3.05) is 13.1 Å². The van der Waals surface area contributed by atoms with Gasteiger partial charge in [0.25, 0.3) is 0 Å². The van der Waals surface area contributed by atoms with Gasteiger partial charge in [0.2, 0.25) is 5.91 Å². The Hall–Kier alpha value is -2.00. The highest BCUT2D eigenvalue weighted by Gasteiger charge is 2.25. The molecule has 1 saturated heterocycles. The summed E-state index contributed by atoms with van der Waals surface area (Å²) in [7, 11) is 0. The second-order valence-corrected chi connectivity index (χ2v) is 6.37. The molecule has 0 spiro atoms. The molecule has 23 heavy (non-hydrogen) atoms. The van der Waals surface area contributed by atoms with Gasteiger partial charge in [-0.25, -0.2) is 0 Å². The molecule has 1 heterocycles. The summed E-state index contributed by atoms with van der Waals surface area (Å²) < 4.78 is 0. The molecule has 4 heteroatoms. The van der Waals surface area contributed by atoms with Gasteiger partial charge >= 0.3 is 0 Å². The van der Waals surface area contributed by atoms with Gasteiger partial charge in [-0.1, -0.05) is 41.9 Å². The van der Waals surface area contributed by atoms with E-state index in [1.807, 2.05) is 35.2 Å². The van der Waals surface area contributed by atoms with Crippen LogP contribution in [0.25, 0.3) is 0 Å². The molecule has 1 fully saturated rings. The van der Waals surface area contributed by atoms with Crippen LogP contribution in [0.15, 0.2) is 48.5 Å². The molecule has 1 amide bonds. The molecular weight excluding hydrogens is 310 g/mol. The van der Waals surface area contributed by atoms with Crippen molar-refractivity contribution in [1.82, 2.24) is 4.90 Å². The maximum absolute atomic E-state index is 12.6. The van der Waals surface area contributed by atoms with E-state index in [0.29, 0.717) is 11.4 Å². The summed E-state index contributed by atoms with van der Waals surface area (Å²) in [4.78, 5) is 14.5. The summed E-state index contributed by atoms with van der Waals surface area (Å²) in [5.41, 5.74) is 1.83. The van der Waals surface area contributed by atoms with Gasteiger partial charge in [0.05, 0.1) is 0 Å². The monoisotopic (exact) mass is 329 g/mol. The summed E-state index contributed by atoms with van der Waals surface area (Å²) in [6.45, 7) is 1.68. The smallest absolute Gasteiger partial charge is 0.223 e. The quantitative estimate of drug-likeness (QED) is 0.913. The fourth-order valence-electron chi connectivity index (χ4n) is 3.18. The van der Waals surface area contributed by atoms with Gasteiger partial charge in [-0.15, -0.1) is 0 Å². The topological polar surface area (TPSA) is 40.5 Å². The molecule has 3 nitrogen and oxygen atoms in total. The van der Waals surface area contributed by atoms with Gasteiger partial charge in [0.1, 0.15) is 5.75 Å². The van der Waals surface area contributed by atoms with E-state index in [4.69, 9.17) is 11.6 Å². The lowest BCUT2D eigenvalue weighted by Gasteiger charge is -2.22. The lowest BCUT2D eigenvalue weighted by atomic mass is 9.88. The number of rotatable bonds is 4. The third-order valence-electron chi connectivity index (χ3n) is 4.39. The van der Waals surface area contributed by atoms with Gasteiger partial charge in [-0.2, -0.15) is 0 Å². The van der Waals surface area contributed by atoms with Gasteiger partial charge in [-0.3, -0.25) is 4.79 Å². The number of halogens is 1. The van der Waals surface area contributed by atoms with Crippen LogP contribution in [0.2, 0.25) is 5.02 Å². The molecule has 0 bridgehead atoms. The van der Waals surface area contributed by atoms with E-state index in [-0.39, 0.29) is 17.6 Å². The number of hydrogen-bond donors (Lipinski definition) is 1. The number of aromatic hydroxyl groups is 1. The Balaban J connectivity index is 1.93. The first-order valence-corrected chi connectivity index (χ1v) is 8.34. The first-order valence-electron chi connectivity index (χ1n) is 7.96. The van der Waals surface area contributed by atoms with Crippen LogP contribution in [-0.2, 0) is 4.79 Å². The average molecular weight is 330 g/mol. The minimum atomic E-state index is -0.149. The first kappa shape index (κ1) is 15.9. The number of benzene rings is 2. The number of hydrogen-bond acceptors (Lipinski definition) is 2. The number of phenols is 1. The van der Waals surface area contributed by atoms with E-state index >= 15 is 0 Å². The standard InChI is InChI=1S/C19H20ClNO2/c20-18-9-2-1-8-16(18)17(14-6-5-7-15(22)12-14)13-19(23)21-10-3-4-11-21/h1-2,5-9,12,17,22H,3-4,10-11,13H2/t17-/m1/s1. The van der Waals surface area contributed by atoms with Crippen molar-refractivity contribution in [1.29, 1.82) is 0 Å². The van der Waals surface area contributed by atoms with Crippen molar-refractivity contribution in [2.45, 2.75) is 25.2 Å². The summed E-state index contributed by atoms with van der Waals surface area (Å²) in [6, 6.07) is 14.7. The zero-order chi connectivity index (χ0) is 16.2. The van der Waals surface area contributed by atoms with E-state index < -0.39 is 0 Å². The largest absolute Gasteiger partial charge is 0.508 e. The maximum Gasteiger partial charge on any atom is 0.223 e. The Morgan fingerprint density at radius 1 is 1.13 bits per heavy atom. The van der Waals surface area contributed by atoms with Crippen molar-refractivity contribution in [3.63, 3.8) is 0 Å². The fraction of sp³-hybridized carbons (Fsp3) is 0.316. The van der Waals surface area contributed by atoms with Crippen molar-refractivity contribution < 1.29 is 9.90 Å². The predicted molar refractivity (Wildman–Crippen MR) is 91.8 cm³/mol. The third kappa shape index (κ3) is 3.67. The number of phenolic OH excluding ortho intramolecular Hbond substituents is 1. The highest BCUT2D eigenvalue weighted by Crippen LogP contribution is 2.34. The minimum absolute atomic E-state index is 0.149. The molecule has 3 rings (SSSR count). The number of likely N-dealkylation sites (tertiary alicyclic amines) is 1. The Kier molecular flexibility index (Phi) is 4.87. The summed E-state index contributed by atoms with van der Waals surface area (Å²) in [5.74, 6) is 0.202. The minimum Gasteiger partial charge on any atom is -0.508 e. The van der Waals surface area contributed by atoms with Crippen LogP contribution in [0.5, 0.6) is 5.75 Å². The van der Waals surface area contributed by atoms with Gasteiger partial charge in [0.15, 0.2) is 0 Å². The van der Waals surface area contributed by atoms with Gasteiger partial charge in [0, 0.05) is 30.5 Å². The molecule has 1 aliphatic heterocycles. The zero-order valence-electron chi connectivity index (χ0n) is 12.9. The van der Waals surface area contributed by atoms with E-state index in [2.05, 4.69) is 0 Å². The first-order chi connectivity index (χ1) is 11.1. The molecule has 0 radical (unpaired) electrons. The van der Waals surface area contributed by atoms with Crippen LogP contribution < -0.4 is 0 Å². The van der Waals surface area contributed by atoms with Crippen molar-refractivity contribution in [3.8, 4) is 5.75 Å². The van der Waals surface area contributed by atoms with E-state index in [0.717, 1.165) is 37.1 Å². The molecule has 1 aliphatic rings. The van der Waals surface area contributed by atoms with Crippen molar-refractivity contribution in [3.05, 3.63) is 64.7 Å². The SMILES string of the molecule is O=C(C[C@H](c1cccc(O)c1)c1ccccc1Cl)N1CCCC1. The number of nitrogens with zero attached hydrogens (tertiary/aromatic N) is 1. The summed E-state index contributed by atoms with van der Waals surface area (Å²) in [6.07, 6.45) is 2.52. The van der Waals surface area contributed by atoms with Crippen molar-refractivity contribution >= 4 is 17.5 Å². The van der Waals surface area contributed by atoms with E-state index in [9.17, 15) is 9.90 Å². The average Bonchev–Trinajstić information content (AvgIpc) is 3.08. The van der Waals surface area contributed by atoms with Gasteiger partial charge < -0.3 is 10.0 Å². The van der Waals surface area contributed by atoms with Crippen LogP contribution in [0, 0.1) is 0 Å². The fourth-order valence-corrected chi connectivity index (χ4v) is 3.44. The second-order valence-electron chi connectivity index (χ2n) is 5.96. The van der Waals surface area contributed by atoms with Crippen LogP contribution in [0.4, 0.5) is 0 Å². The molecule has 2 aromatic carbocycles. The predicted octanol–water partition coefficient (Wildman–Crippen LogP) is 4.19. The molecule has 0 aromatic heterocycles. The molecule has 1 atom stereocenters. The maximum atomic E-state index is 12.6. The van der Waals surface area contributed by atoms with Crippen LogP contribution in [0.3, 0.4) is 0 Å². The highest BCUT2D eigenvalue weighted by atomic mass is 35.5. The molecule has 0 saturated carbocycles. The highest BCUT2D eigenvalue weighted by molar-refractivity contribution is 6.31. The van der Waals surface area contributed by atoms with Crippen LogP contribution in [-0.4, -0.2) is 29.0 Å². The van der Waals surface area contributed by atoms with Gasteiger partial charge in [-0.05, 0) is 42.2 Å². The Morgan fingerprint density at radius 3 is 2.57 bits per heavy atom. The summed E-state index contributed by atoms with van der Waals surface area (Å²) in [5, 5.41) is 10.4. The number of amides is 1. The zero-order valence-corrected chi connectivity index (χ0v) is 13.7. The van der Waals surface area contributed by atoms with E-state index in [1.54, 1.807) is 18.2 Å². The molecule has 120 valence electrons. The Bertz CT molecular complexity index is 695. The Labute approximate surface area is 141 Å². The number of carbonyl (C=O) groups excluding carboxylic acids is 1. The lowest BCUT2D eigenvalue weighted by molar-refractivity contribution is -0.130. The van der Waals surface area contributed by atoms with E-state index in [1.165, 1.54) is 0 Å². The van der Waals surface area contributed by atoms with Crippen molar-refractivity contribution in [2.24, 2.45) is 0 Å². The lowest BCUT2D eigenvalue weighted by Crippen LogP contribution is -2.29. The molecule has 0 aliphatic carbocycles. The Morgan fingerprint density at radius 2 is 1.87 bits per heavy atom. The molecular formula is C19H20ClNO2. The number of carbonyl (C=O) groups is 1. The van der Waals surface area contributed by atoms with Crippen LogP contribution >= 0.6 is 11.6 Å². The normalized spacial score (nSPS) is 15.6. The molecule has 0 unspecified atom stereocenters. The third-order valence-corrected chi connectivity index (χ3v) is 4.73. The summed E-state index contributed by atoms with van der Waals surface area (Å²) >= 11 is 6.36.